The second-order valence-electron chi connectivity index (χ2n) is 5.12. The molecule has 0 aliphatic rings. The number of nitrogens with one attached hydrogen (secondary N) is 1. The molecule has 0 atom stereocenters. The van der Waals surface area contributed by atoms with Gasteiger partial charge in [-0.15, -0.1) is 0 Å². The van der Waals surface area contributed by atoms with Crippen molar-refractivity contribution in [3.63, 3.8) is 0 Å². The Labute approximate surface area is 96.7 Å². The number of pyridine rings is 1. The highest BCUT2D eigenvalue weighted by atomic mass is 14.9. The van der Waals surface area contributed by atoms with Crippen LogP contribution in [0.25, 0.3) is 10.8 Å². The molecule has 0 aliphatic heterocycles. The molecule has 0 unspecified atom stereocenters. The molecule has 0 bridgehead atoms. The minimum Gasteiger partial charge on any atom is -0.308 e. The summed E-state index contributed by atoms with van der Waals surface area (Å²) in [5, 5.41) is 5.98. The molecule has 2 heteroatoms. The van der Waals surface area contributed by atoms with Crippen LogP contribution in [-0.2, 0) is 6.54 Å². The molecule has 16 heavy (non-hydrogen) atoms. The summed E-state index contributed by atoms with van der Waals surface area (Å²) in [6, 6.07) is 8.37. The third-order valence-corrected chi connectivity index (χ3v) is 2.56. The minimum absolute atomic E-state index is 0.136. The molecule has 1 N–H and O–H groups in total. The lowest BCUT2D eigenvalue weighted by Gasteiger charge is -2.21. The van der Waals surface area contributed by atoms with Crippen LogP contribution < -0.4 is 5.32 Å². The lowest BCUT2D eigenvalue weighted by Crippen LogP contribution is -2.35. The van der Waals surface area contributed by atoms with Crippen molar-refractivity contribution in [3.05, 3.63) is 42.2 Å². The third-order valence-electron chi connectivity index (χ3n) is 2.56. The van der Waals surface area contributed by atoms with Gasteiger partial charge >= 0.3 is 0 Å². The highest BCUT2D eigenvalue weighted by Gasteiger charge is 2.09. The van der Waals surface area contributed by atoms with Gasteiger partial charge in [0.15, 0.2) is 0 Å². The molecule has 2 nitrogen and oxygen atoms in total. The van der Waals surface area contributed by atoms with E-state index in [2.05, 4.69) is 49.3 Å². The lowest BCUT2D eigenvalue weighted by molar-refractivity contribution is 0.425. The molecule has 1 heterocycles. The first kappa shape index (κ1) is 11.1. The van der Waals surface area contributed by atoms with Gasteiger partial charge < -0.3 is 5.32 Å². The molecule has 0 aliphatic carbocycles. The fourth-order valence-electron chi connectivity index (χ4n) is 1.68. The van der Waals surface area contributed by atoms with Crippen LogP contribution in [0.15, 0.2) is 36.7 Å². The van der Waals surface area contributed by atoms with E-state index in [1.807, 2.05) is 18.5 Å². The normalized spacial score (nSPS) is 11.9. The SMILES string of the molecule is CC(C)(C)NCc1cncc2ccccc12. The third kappa shape index (κ3) is 2.58. The van der Waals surface area contributed by atoms with E-state index >= 15 is 0 Å². The van der Waals surface area contributed by atoms with Gasteiger partial charge in [0, 0.05) is 29.9 Å². The Morgan fingerprint density at radius 3 is 2.62 bits per heavy atom. The molecule has 1 aromatic heterocycles. The largest absolute Gasteiger partial charge is 0.308 e. The zero-order chi connectivity index (χ0) is 11.6. The molecule has 0 radical (unpaired) electrons. The quantitative estimate of drug-likeness (QED) is 0.830. The fraction of sp³-hybridized carbons (Fsp3) is 0.357. The maximum atomic E-state index is 4.27. The van der Waals surface area contributed by atoms with E-state index in [0.29, 0.717) is 0 Å². The van der Waals surface area contributed by atoms with Crippen molar-refractivity contribution >= 4 is 10.8 Å². The van der Waals surface area contributed by atoms with Gasteiger partial charge in [-0.1, -0.05) is 24.3 Å². The Balaban J connectivity index is 2.30. The van der Waals surface area contributed by atoms with Crippen LogP contribution in [-0.4, -0.2) is 10.5 Å². The molecule has 0 saturated carbocycles. The first-order valence-electron chi connectivity index (χ1n) is 5.63. The van der Waals surface area contributed by atoms with Gasteiger partial charge in [-0.3, -0.25) is 4.98 Å². The van der Waals surface area contributed by atoms with E-state index in [9.17, 15) is 0 Å². The summed E-state index contributed by atoms with van der Waals surface area (Å²) in [4.78, 5) is 4.27. The number of nitrogens with zero attached hydrogens (tertiary/aromatic N) is 1. The van der Waals surface area contributed by atoms with Crippen LogP contribution in [0.3, 0.4) is 0 Å². The summed E-state index contributed by atoms with van der Waals surface area (Å²) >= 11 is 0. The minimum atomic E-state index is 0.136. The van der Waals surface area contributed by atoms with Crippen molar-refractivity contribution in [1.82, 2.24) is 10.3 Å². The van der Waals surface area contributed by atoms with Crippen molar-refractivity contribution in [2.45, 2.75) is 32.9 Å². The number of aromatic nitrogens is 1. The number of rotatable bonds is 2. The van der Waals surface area contributed by atoms with Crippen molar-refractivity contribution in [2.75, 3.05) is 0 Å². The number of fused-ring (bicyclic) bond motifs is 1. The van der Waals surface area contributed by atoms with E-state index in [0.717, 1.165) is 6.54 Å². The zero-order valence-electron chi connectivity index (χ0n) is 10.1. The summed E-state index contributed by atoms with van der Waals surface area (Å²) < 4.78 is 0. The highest BCUT2D eigenvalue weighted by molar-refractivity contribution is 5.84. The molecule has 1 aromatic carbocycles. The van der Waals surface area contributed by atoms with E-state index in [-0.39, 0.29) is 5.54 Å². The van der Waals surface area contributed by atoms with Gasteiger partial charge in [0.25, 0.3) is 0 Å². The lowest BCUT2D eigenvalue weighted by atomic mass is 10.1. The topological polar surface area (TPSA) is 24.9 Å². The molecule has 0 fully saturated rings. The Bertz CT molecular complexity index is 478. The highest BCUT2D eigenvalue weighted by Crippen LogP contribution is 2.17. The van der Waals surface area contributed by atoms with Gasteiger partial charge in [-0.2, -0.15) is 0 Å². The Morgan fingerprint density at radius 1 is 1.12 bits per heavy atom. The summed E-state index contributed by atoms with van der Waals surface area (Å²) in [6.45, 7) is 7.38. The average Bonchev–Trinajstić information content (AvgIpc) is 2.25. The summed E-state index contributed by atoms with van der Waals surface area (Å²) in [5.41, 5.74) is 1.39. The average molecular weight is 214 g/mol. The molecule has 84 valence electrons. The monoisotopic (exact) mass is 214 g/mol. The molecule has 2 aromatic rings. The molecule has 0 saturated heterocycles. The van der Waals surface area contributed by atoms with E-state index < -0.39 is 0 Å². The van der Waals surface area contributed by atoms with Crippen molar-refractivity contribution in [1.29, 1.82) is 0 Å². The van der Waals surface area contributed by atoms with E-state index in [1.165, 1.54) is 16.3 Å². The number of benzene rings is 1. The molecule has 2 rings (SSSR count). The van der Waals surface area contributed by atoms with Gasteiger partial charge in [0.1, 0.15) is 0 Å². The van der Waals surface area contributed by atoms with Crippen LogP contribution in [0.1, 0.15) is 26.3 Å². The molecular formula is C14H18N2. The van der Waals surface area contributed by atoms with Gasteiger partial charge in [-0.25, -0.2) is 0 Å². The van der Waals surface area contributed by atoms with Crippen LogP contribution in [0.4, 0.5) is 0 Å². The predicted octanol–water partition coefficient (Wildman–Crippen LogP) is 3.12. The van der Waals surface area contributed by atoms with E-state index in [4.69, 9.17) is 0 Å². The molecule has 0 amide bonds. The second-order valence-corrected chi connectivity index (χ2v) is 5.12. The maximum Gasteiger partial charge on any atom is 0.0346 e. The summed E-state index contributed by atoms with van der Waals surface area (Å²) in [7, 11) is 0. The fourth-order valence-corrected chi connectivity index (χ4v) is 1.68. The van der Waals surface area contributed by atoms with Crippen LogP contribution in [0.2, 0.25) is 0 Å². The standard InChI is InChI=1S/C14H18N2/c1-14(2,3)16-10-12-9-15-8-11-6-4-5-7-13(11)12/h4-9,16H,10H2,1-3H3. The molecule has 0 spiro atoms. The smallest absolute Gasteiger partial charge is 0.0346 e. The zero-order valence-corrected chi connectivity index (χ0v) is 10.1. The molecular weight excluding hydrogens is 196 g/mol. The predicted molar refractivity (Wildman–Crippen MR) is 68.3 cm³/mol. The maximum absolute atomic E-state index is 4.27. The first-order chi connectivity index (χ1) is 7.56. The first-order valence-corrected chi connectivity index (χ1v) is 5.63. The Kier molecular flexibility index (Phi) is 2.92. The van der Waals surface area contributed by atoms with Crippen LogP contribution >= 0.6 is 0 Å². The van der Waals surface area contributed by atoms with Crippen LogP contribution in [0.5, 0.6) is 0 Å². The second kappa shape index (κ2) is 4.22. The van der Waals surface area contributed by atoms with Crippen LogP contribution in [0, 0.1) is 0 Å². The van der Waals surface area contributed by atoms with E-state index in [1.54, 1.807) is 0 Å². The summed E-state index contributed by atoms with van der Waals surface area (Å²) in [6.07, 6.45) is 3.86. The van der Waals surface area contributed by atoms with Crippen molar-refractivity contribution < 1.29 is 0 Å². The van der Waals surface area contributed by atoms with Gasteiger partial charge in [-0.05, 0) is 31.7 Å². The van der Waals surface area contributed by atoms with Crippen molar-refractivity contribution in [3.8, 4) is 0 Å². The van der Waals surface area contributed by atoms with Crippen molar-refractivity contribution in [2.24, 2.45) is 0 Å². The number of hydrogen-bond acceptors (Lipinski definition) is 2. The Morgan fingerprint density at radius 2 is 1.88 bits per heavy atom. The number of hydrogen-bond donors (Lipinski definition) is 1. The van der Waals surface area contributed by atoms with Gasteiger partial charge in [0.05, 0.1) is 0 Å². The Hall–Kier alpha value is -1.41. The summed E-state index contributed by atoms with van der Waals surface area (Å²) in [5.74, 6) is 0. The van der Waals surface area contributed by atoms with Gasteiger partial charge in [0.2, 0.25) is 0 Å².